The van der Waals surface area contributed by atoms with Crippen LogP contribution in [0.1, 0.15) is 40.0 Å². The van der Waals surface area contributed by atoms with Crippen LogP contribution < -0.4 is 4.74 Å². The Morgan fingerprint density at radius 3 is 2.44 bits per heavy atom. The smallest absolute Gasteiger partial charge is 0.233 e. The van der Waals surface area contributed by atoms with Gasteiger partial charge >= 0.3 is 0 Å². The highest BCUT2D eigenvalue weighted by Crippen LogP contribution is 2.27. The van der Waals surface area contributed by atoms with Gasteiger partial charge in [-0.15, -0.1) is 10.2 Å². The summed E-state index contributed by atoms with van der Waals surface area (Å²) in [5.41, 5.74) is 0.988. The molecule has 1 fully saturated rings. The normalized spacial score (nSPS) is 19.9. The number of rotatable bonds is 6. The predicted molar refractivity (Wildman–Crippen MR) is 108 cm³/mol. The molecule has 0 aliphatic carbocycles. The van der Waals surface area contributed by atoms with Crippen molar-refractivity contribution in [1.29, 1.82) is 0 Å². The Kier molecular flexibility index (Phi) is 6.42. The summed E-state index contributed by atoms with van der Waals surface area (Å²) in [5.74, 6) is 2.22. The van der Waals surface area contributed by atoms with Gasteiger partial charge in [0, 0.05) is 24.2 Å². The Morgan fingerprint density at radius 1 is 1.19 bits per heavy atom. The van der Waals surface area contributed by atoms with Gasteiger partial charge in [0.1, 0.15) is 5.75 Å². The summed E-state index contributed by atoms with van der Waals surface area (Å²) in [4.78, 5) is 14.8. The molecule has 3 rings (SSSR count). The number of likely N-dealkylation sites (tertiary alicyclic amines) is 1. The molecule has 2 atom stereocenters. The minimum absolute atomic E-state index is 0.191. The molecule has 1 aliphatic heterocycles. The summed E-state index contributed by atoms with van der Waals surface area (Å²) < 4.78 is 7.28. The van der Waals surface area contributed by atoms with Crippen molar-refractivity contribution >= 4 is 17.7 Å². The molecule has 1 aromatic heterocycles. The number of hydrogen-bond donors (Lipinski definition) is 0. The van der Waals surface area contributed by atoms with E-state index in [1.54, 1.807) is 7.11 Å². The third-order valence-electron chi connectivity index (χ3n) is 5.19. The summed E-state index contributed by atoms with van der Waals surface area (Å²) in [6.07, 6.45) is 3.38. The third kappa shape index (κ3) is 4.29. The lowest BCUT2D eigenvalue weighted by Crippen LogP contribution is -2.48. The van der Waals surface area contributed by atoms with Gasteiger partial charge in [0.05, 0.1) is 12.9 Å². The number of thioether (sulfide) groups is 1. The zero-order valence-electron chi connectivity index (χ0n) is 16.5. The summed E-state index contributed by atoms with van der Waals surface area (Å²) in [5, 5.41) is 9.48. The molecule has 27 heavy (non-hydrogen) atoms. The quantitative estimate of drug-likeness (QED) is 0.704. The summed E-state index contributed by atoms with van der Waals surface area (Å²) >= 11 is 1.47. The number of hydrogen-bond acceptors (Lipinski definition) is 5. The maximum absolute atomic E-state index is 12.8. The number of ether oxygens (including phenoxy) is 1. The van der Waals surface area contributed by atoms with Crippen LogP contribution in [0.15, 0.2) is 29.4 Å². The van der Waals surface area contributed by atoms with Crippen LogP contribution in [0, 0.1) is 0 Å². The summed E-state index contributed by atoms with van der Waals surface area (Å²) in [6.45, 7) is 7.11. The van der Waals surface area contributed by atoms with Gasteiger partial charge in [-0.05, 0) is 64.3 Å². The maximum atomic E-state index is 12.8. The van der Waals surface area contributed by atoms with E-state index >= 15 is 0 Å². The number of amides is 1. The number of carbonyl (C=O) groups is 1. The molecule has 0 radical (unpaired) electrons. The van der Waals surface area contributed by atoms with Crippen molar-refractivity contribution in [3.8, 4) is 17.1 Å². The zero-order valence-corrected chi connectivity index (χ0v) is 17.3. The van der Waals surface area contributed by atoms with Gasteiger partial charge < -0.3 is 14.2 Å². The largest absolute Gasteiger partial charge is 0.497 e. The van der Waals surface area contributed by atoms with E-state index in [1.165, 1.54) is 18.2 Å². The molecular formula is C20H28N4O2S. The van der Waals surface area contributed by atoms with Crippen molar-refractivity contribution in [1.82, 2.24) is 19.7 Å². The van der Waals surface area contributed by atoms with Gasteiger partial charge in [-0.1, -0.05) is 11.8 Å². The molecule has 1 aliphatic rings. The topological polar surface area (TPSA) is 60.2 Å². The maximum Gasteiger partial charge on any atom is 0.233 e. The fourth-order valence-corrected chi connectivity index (χ4v) is 4.62. The molecule has 6 nitrogen and oxygen atoms in total. The average molecular weight is 389 g/mol. The Bertz CT molecular complexity index is 765. The van der Waals surface area contributed by atoms with Crippen molar-refractivity contribution in [2.24, 2.45) is 0 Å². The SMILES string of the molecule is CCn1c(SCC(=O)N2[C@H](C)CCC[C@H]2C)nnc1-c1ccc(OC)cc1. The monoisotopic (exact) mass is 388 g/mol. The number of carbonyl (C=O) groups excluding carboxylic acids is 1. The minimum Gasteiger partial charge on any atom is -0.497 e. The van der Waals surface area contributed by atoms with Crippen LogP contribution in [-0.4, -0.2) is 50.5 Å². The molecule has 1 aromatic carbocycles. The van der Waals surface area contributed by atoms with E-state index in [-0.39, 0.29) is 5.91 Å². The second-order valence-corrected chi connectivity index (χ2v) is 7.94. The highest BCUT2D eigenvalue weighted by Gasteiger charge is 2.29. The highest BCUT2D eigenvalue weighted by molar-refractivity contribution is 7.99. The van der Waals surface area contributed by atoms with Crippen LogP contribution in [0.3, 0.4) is 0 Å². The Balaban J connectivity index is 1.72. The first-order valence-corrected chi connectivity index (χ1v) is 10.5. The van der Waals surface area contributed by atoms with Gasteiger partial charge in [0.15, 0.2) is 11.0 Å². The van der Waals surface area contributed by atoms with Crippen LogP contribution in [0.25, 0.3) is 11.4 Å². The standard InChI is InChI=1S/C20H28N4O2S/c1-5-23-19(16-9-11-17(26-4)12-10-16)21-22-20(23)27-13-18(25)24-14(2)7-6-8-15(24)3/h9-12,14-15H,5-8,13H2,1-4H3/t14-,15-/m1/s1. The number of aromatic nitrogens is 3. The van der Waals surface area contributed by atoms with Gasteiger partial charge in [-0.2, -0.15) is 0 Å². The second kappa shape index (κ2) is 8.78. The lowest BCUT2D eigenvalue weighted by Gasteiger charge is -2.39. The van der Waals surface area contributed by atoms with E-state index in [9.17, 15) is 4.79 Å². The van der Waals surface area contributed by atoms with E-state index in [0.717, 1.165) is 41.7 Å². The number of nitrogens with zero attached hydrogens (tertiary/aromatic N) is 4. The molecule has 1 saturated heterocycles. The summed E-state index contributed by atoms with van der Waals surface area (Å²) in [6, 6.07) is 8.43. The molecule has 7 heteroatoms. The molecule has 0 saturated carbocycles. The number of benzene rings is 1. The lowest BCUT2D eigenvalue weighted by atomic mass is 9.98. The van der Waals surface area contributed by atoms with E-state index in [0.29, 0.717) is 17.8 Å². The van der Waals surface area contributed by atoms with Crippen LogP contribution in [0.4, 0.5) is 0 Å². The van der Waals surface area contributed by atoms with E-state index in [1.807, 2.05) is 29.2 Å². The van der Waals surface area contributed by atoms with Crippen LogP contribution >= 0.6 is 11.8 Å². The van der Waals surface area contributed by atoms with Gasteiger partial charge in [-0.3, -0.25) is 4.79 Å². The van der Waals surface area contributed by atoms with E-state index in [4.69, 9.17) is 4.74 Å². The van der Waals surface area contributed by atoms with Crippen molar-refractivity contribution in [3.05, 3.63) is 24.3 Å². The van der Waals surface area contributed by atoms with Crippen LogP contribution in [0.5, 0.6) is 5.75 Å². The predicted octanol–water partition coefficient (Wildman–Crippen LogP) is 3.86. The Morgan fingerprint density at radius 2 is 1.85 bits per heavy atom. The van der Waals surface area contributed by atoms with Crippen LogP contribution in [0.2, 0.25) is 0 Å². The first-order chi connectivity index (χ1) is 13.0. The van der Waals surface area contributed by atoms with Gasteiger partial charge in [-0.25, -0.2) is 0 Å². The van der Waals surface area contributed by atoms with Crippen molar-refractivity contribution < 1.29 is 9.53 Å². The van der Waals surface area contributed by atoms with Crippen molar-refractivity contribution in [2.75, 3.05) is 12.9 Å². The number of methoxy groups -OCH3 is 1. The molecule has 0 unspecified atom stereocenters. The molecule has 0 N–H and O–H groups in total. The minimum atomic E-state index is 0.191. The second-order valence-electron chi connectivity index (χ2n) is 7.00. The molecule has 1 amide bonds. The molecule has 0 spiro atoms. The molecular weight excluding hydrogens is 360 g/mol. The van der Waals surface area contributed by atoms with Gasteiger partial charge in [0.2, 0.25) is 5.91 Å². The number of piperidine rings is 1. The van der Waals surface area contributed by atoms with Crippen molar-refractivity contribution in [2.45, 2.75) is 63.8 Å². The molecule has 146 valence electrons. The molecule has 2 aromatic rings. The van der Waals surface area contributed by atoms with Gasteiger partial charge in [0.25, 0.3) is 0 Å². The Labute approximate surface area is 165 Å². The zero-order chi connectivity index (χ0) is 19.4. The first kappa shape index (κ1) is 19.7. The average Bonchev–Trinajstić information content (AvgIpc) is 3.09. The molecule has 2 heterocycles. The van der Waals surface area contributed by atoms with Crippen molar-refractivity contribution in [3.63, 3.8) is 0 Å². The summed E-state index contributed by atoms with van der Waals surface area (Å²) in [7, 11) is 1.65. The van der Waals surface area contributed by atoms with Crippen LogP contribution in [-0.2, 0) is 11.3 Å². The fourth-order valence-electron chi connectivity index (χ4n) is 3.75. The lowest BCUT2D eigenvalue weighted by molar-refractivity contribution is -0.134. The molecule has 0 bridgehead atoms. The Hall–Kier alpha value is -2.02. The fraction of sp³-hybridized carbons (Fsp3) is 0.550. The third-order valence-corrected chi connectivity index (χ3v) is 6.14. The highest BCUT2D eigenvalue weighted by atomic mass is 32.2. The van der Waals surface area contributed by atoms with E-state index < -0.39 is 0 Å². The van der Waals surface area contributed by atoms with E-state index in [2.05, 4.69) is 35.5 Å². The first-order valence-electron chi connectivity index (χ1n) is 9.56.